The number of nitrogens with zero attached hydrogens (tertiary/aromatic N) is 3. The Morgan fingerprint density at radius 1 is 0.816 bits per heavy atom. The van der Waals surface area contributed by atoms with E-state index in [0.29, 0.717) is 23.5 Å². The molecule has 11 heteroatoms. The molecule has 1 heterocycles. The highest BCUT2D eigenvalue weighted by Crippen LogP contribution is 2.25. The Balaban J connectivity index is 1.27. The van der Waals surface area contributed by atoms with E-state index in [9.17, 15) is 24.4 Å². The van der Waals surface area contributed by atoms with Crippen molar-refractivity contribution in [3.05, 3.63) is 132 Å². The Morgan fingerprint density at radius 3 is 2.08 bits per heavy atom. The molecule has 250 valence electrons. The molecule has 1 aliphatic rings. The highest BCUT2D eigenvalue weighted by atomic mass is 16.6. The number of nitriles is 1. The Labute approximate surface area is 285 Å². The first-order chi connectivity index (χ1) is 23.9. The zero-order valence-corrected chi connectivity index (χ0v) is 26.9. The maximum absolute atomic E-state index is 13.8. The molecule has 1 saturated heterocycles. The highest BCUT2D eigenvalue weighted by molar-refractivity contribution is 5.90. The number of hydrogen-bond donors (Lipinski definition) is 2. The van der Waals surface area contributed by atoms with Crippen molar-refractivity contribution in [3.63, 3.8) is 0 Å². The normalized spacial score (nSPS) is 14.6. The van der Waals surface area contributed by atoms with Crippen LogP contribution in [0, 0.1) is 11.3 Å². The summed E-state index contributed by atoms with van der Waals surface area (Å²) in [6.45, 7) is 0.125. The van der Waals surface area contributed by atoms with Crippen LogP contribution >= 0.6 is 0 Å². The van der Waals surface area contributed by atoms with E-state index in [2.05, 4.69) is 16.7 Å². The molecular weight excluding hydrogens is 622 g/mol. The summed E-state index contributed by atoms with van der Waals surface area (Å²) in [6, 6.07) is 34.3. The van der Waals surface area contributed by atoms with Gasteiger partial charge in [0.1, 0.15) is 30.2 Å². The molecule has 0 saturated carbocycles. The fourth-order valence-corrected chi connectivity index (χ4v) is 5.41. The lowest BCUT2D eigenvalue weighted by Gasteiger charge is -2.42. The summed E-state index contributed by atoms with van der Waals surface area (Å²) in [5, 5.41) is 17.7. The van der Waals surface area contributed by atoms with Crippen LogP contribution in [0.15, 0.2) is 115 Å². The molecule has 0 bridgehead atoms. The van der Waals surface area contributed by atoms with E-state index < -0.39 is 30.0 Å². The van der Waals surface area contributed by atoms with Gasteiger partial charge in [0, 0.05) is 19.5 Å². The second-order valence-electron chi connectivity index (χ2n) is 11.4. The van der Waals surface area contributed by atoms with Gasteiger partial charge in [-0.1, -0.05) is 91.0 Å². The molecule has 0 aliphatic carbocycles. The van der Waals surface area contributed by atoms with Crippen LogP contribution in [0.2, 0.25) is 0 Å². The number of ether oxygens (including phenoxy) is 2. The zero-order valence-electron chi connectivity index (χ0n) is 26.9. The van der Waals surface area contributed by atoms with Gasteiger partial charge in [-0.2, -0.15) is 5.26 Å². The van der Waals surface area contributed by atoms with E-state index >= 15 is 0 Å². The van der Waals surface area contributed by atoms with Gasteiger partial charge in [0.05, 0.1) is 12.5 Å². The van der Waals surface area contributed by atoms with Crippen molar-refractivity contribution in [2.75, 3.05) is 13.1 Å². The van der Waals surface area contributed by atoms with Crippen LogP contribution < -0.4 is 15.4 Å². The molecule has 2 unspecified atom stereocenters. The third-order valence-electron chi connectivity index (χ3n) is 7.85. The second-order valence-corrected chi connectivity index (χ2v) is 11.4. The lowest BCUT2D eigenvalue weighted by Crippen LogP contribution is -2.62. The van der Waals surface area contributed by atoms with Gasteiger partial charge in [-0.3, -0.25) is 14.4 Å². The molecule has 1 aliphatic heterocycles. The fraction of sp³-hybridized carbons (Fsp3) is 0.237. The number of hydrogen-bond acceptors (Lipinski definition) is 7. The van der Waals surface area contributed by atoms with E-state index in [4.69, 9.17) is 9.47 Å². The quantitative estimate of drug-likeness (QED) is 0.206. The van der Waals surface area contributed by atoms with Crippen LogP contribution in [0.5, 0.6) is 11.5 Å². The van der Waals surface area contributed by atoms with Gasteiger partial charge in [0.2, 0.25) is 17.7 Å². The van der Waals surface area contributed by atoms with Crippen LogP contribution in [0.3, 0.4) is 0 Å². The van der Waals surface area contributed by atoms with Crippen molar-refractivity contribution in [1.82, 2.24) is 20.7 Å². The van der Waals surface area contributed by atoms with Gasteiger partial charge in [-0.25, -0.2) is 14.8 Å². The third kappa shape index (κ3) is 9.68. The van der Waals surface area contributed by atoms with Crippen LogP contribution in [0.4, 0.5) is 4.79 Å². The molecule has 0 aromatic heterocycles. The molecule has 11 nitrogen and oxygen atoms in total. The van der Waals surface area contributed by atoms with Crippen molar-refractivity contribution < 1.29 is 28.7 Å². The third-order valence-corrected chi connectivity index (χ3v) is 7.85. The number of carbonyl (C=O) groups is 4. The fourth-order valence-electron chi connectivity index (χ4n) is 5.41. The predicted molar refractivity (Wildman–Crippen MR) is 180 cm³/mol. The number of rotatable bonds is 12. The van der Waals surface area contributed by atoms with Gasteiger partial charge in [-0.15, -0.1) is 0 Å². The van der Waals surface area contributed by atoms with Crippen molar-refractivity contribution in [2.45, 2.75) is 44.4 Å². The summed E-state index contributed by atoms with van der Waals surface area (Å²) < 4.78 is 11.4. The largest absolute Gasteiger partial charge is 0.457 e. The van der Waals surface area contributed by atoms with E-state index in [1.165, 1.54) is 0 Å². The molecule has 2 N–H and O–H groups in total. The summed E-state index contributed by atoms with van der Waals surface area (Å²) in [6.07, 6.45) is -0.136. The lowest BCUT2D eigenvalue weighted by molar-refractivity contribution is -0.163. The van der Waals surface area contributed by atoms with Crippen molar-refractivity contribution in [3.8, 4) is 17.6 Å². The Kier molecular flexibility index (Phi) is 12.0. The number of benzene rings is 4. The average Bonchev–Trinajstić information content (AvgIpc) is 3.14. The molecule has 0 radical (unpaired) electrons. The summed E-state index contributed by atoms with van der Waals surface area (Å²) in [7, 11) is 0. The Bertz CT molecular complexity index is 1750. The topological polar surface area (TPSA) is 141 Å². The molecule has 4 amide bonds. The summed E-state index contributed by atoms with van der Waals surface area (Å²) in [4.78, 5) is 53.3. The van der Waals surface area contributed by atoms with Crippen LogP contribution in [-0.4, -0.2) is 53.0 Å². The summed E-state index contributed by atoms with van der Waals surface area (Å²) in [5.41, 5.74) is 2.11. The molecule has 1 fully saturated rings. The van der Waals surface area contributed by atoms with Gasteiger partial charge in [-0.05, 0) is 53.8 Å². The SMILES string of the molecule is N#CC(NC(=O)C1CCCN(C(=O)OCc2ccccc2)N1C(=O)CCNC(=O)Cc1ccccc1)c1ccc(Oc2ccccc2)cc1. The maximum atomic E-state index is 13.8. The van der Waals surface area contributed by atoms with Gasteiger partial charge in [0.25, 0.3) is 0 Å². The number of nitrogens with one attached hydrogen (secondary N) is 2. The second kappa shape index (κ2) is 17.1. The molecular formula is C38H37N5O6. The van der Waals surface area contributed by atoms with Crippen LogP contribution in [0.1, 0.15) is 42.0 Å². The molecule has 49 heavy (non-hydrogen) atoms. The molecule has 4 aromatic rings. The minimum absolute atomic E-state index is 0.000460. The van der Waals surface area contributed by atoms with E-state index in [1.807, 2.05) is 91.0 Å². The molecule has 5 rings (SSSR count). The average molecular weight is 660 g/mol. The number of carbonyl (C=O) groups excluding carboxylic acids is 4. The zero-order chi connectivity index (χ0) is 34.4. The van der Waals surface area contributed by atoms with Crippen LogP contribution in [-0.2, 0) is 32.1 Å². The predicted octanol–water partition coefficient (Wildman–Crippen LogP) is 5.45. The monoisotopic (exact) mass is 659 g/mol. The standard InChI is InChI=1S/C38H37N5O6/c39-26-33(30-18-20-32(21-19-30)49-31-15-8-3-9-16-31)41-37(46)34-17-10-24-42(38(47)48-27-29-13-6-2-7-14-29)43(34)36(45)22-23-40-35(44)25-28-11-4-1-5-12-28/h1-9,11-16,18-21,33-34H,10,17,22-25,27H2,(H,40,44)(H,41,46). The maximum Gasteiger partial charge on any atom is 0.429 e. The minimum atomic E-state index is -1.10. The van der Waals surface area contributed by atoms with Crippen molar-refractivity contribution >= 4 is 23.8 Å². The number of para-hydroxylation sites is 1. The van der Waals surface area contributed by atoms with E-state index in [1.54, 1.807) is 24.3 Å². The van der Waals surface area contributed by atoms with E-state index in [0.717, 1.165) is 21.1 Å². The van der Waals surface area contributed by atoms with Gasteiger partial charge >= 0.3 is 6.09 Å². The molecule has 2 atom stereocenters. The van der Waals surface area contributed by atoms with Crippen molar-refractivity contribution in [1.29, 1.82) is 5.26 Å². The number of hydrazine groups is 1. The Hall–Kier alpha value is -6.15. The number of amides is 4. The summed E-state index contributed by atoms with van der Waals surface area (Å²) in [5.74, 6) is -0.193. The Morgan fingerprint density at radius 2 is 1.43 bits per heavy atom. The minimum Gasteiger partial charge on any atom is -0.457 e. The van der Waals surface area contributed by atoms with Gasteiger partial charge < -0.3 is 20.1 Å². The van der Waals surface area contributed by atoms with E-state index in [-0.39, 0.29) is 44.9 Å². The first-order valence-corrected chi connectivity index (χ1v) is 16.0. The first kappa shape index (κ1) is 34.2. The smallest absolute Gasteiger partial charge is 0.429 e. The van der Waals surface area contributed by atoms with Gasteiger partial charge in [0.15, 0.2) is 0 Å². The first-order valence-electron chi connectivity index (χ1n) is 16.0. The molecule has 0 spiro atoms. The van der Waals surface area contributed by atoms with Crippen molar-refractivity contribution in [2.24, 2.45) is 0 Å². The lowest BCUT2D eigenvalue weighted by atomic mass is 10.0. The summed E-state index contributed by atoms with van der Waals surface area (Å²) >= 11 is 0. The molecule has 4 aromatic carbocycles. The highest BCUT2D eigenvalue weighted by Gasteiger charge is 2.40. The van der Waals surface area contributed by atoms with Crippen LogP contribution in [0.25, 0.3) is 0 Å².